The third-order valence-electron chi connectivity index (χ3n) is 1.65. The first-order valence-corrected chi connectivity index (χ1v) is 4.47. The van der Waals surface area contributed by atoms with E-state index in [0.29, 0.717) is 15.9 Å². The highest BCUT2D eigenvalue weighted by Gasteiger charge is 2.08. The van der Waals surface area contributed by atoms with Crippen LogP contribution in [0.25, 0.3) is 11.3 Å². The molecule has 4 heteroatoms. The summed E-state index contributed by atoms with van der Waals surface area (Å²) in [4.78, 5) is 0. The fraction of sp³-hybridized carbons (Fsp3) is 0. The van der Waals surface area contributed by atoms with E-state index in [2.05, 4.69) is 21.1 Å². The van der Waals surface area contributed by atoms with Gasteiger partial charge in [-0.15, -0.1) is 0 Å². The first kappa shape index (κ1) is 8.31. The lowest BCUT2D eigenvalue weighted by Gasteiger charge is -1.97. The number of aromatic nitrogens is 1. The van der Waals surface area contributed by atoms with Gasteiger partial charge in [0.2, 0.25) is 0 Å². The molecule has 0 aliphatic heterocycles. The lowest BCUT2D eigenvalue weighted by molar-refractivity contribution is 0.422. The molecule has 2 rings (SSSR count). The molecule has 13 heavy (non-hydrogen) atoms. The van der Waals surface area contributed by atoms with Crippen LogP contribution < -0.4 is 0 Å². The molecular weight excluding hydrogens is 234 g/mol. The smallest absolute Gasteiger partial charge is 0.171 e. The minimum Gasteiger partial charge on any atom is -0.507 e. The molecule has 3 nitrogen and oxygen atoms in total. The van der Waals surface area contributed by atoms with Crippen LogP contribution in [0.3, 0.4) is 0 Å². The monoisotopic (exact) mass is 239 g/mol. The highest BCUT2D eigenvalue weighted by Crippen LogP contribution is 2.29. The van der Waals surface area contributed by atoms with Crippen molar-refractivity contribution in [2.45, 2.75) is 0 Å². The molecule has 0 fully saturated rings. The van der Waals surface area contributed by atoms with Crippen molar-refractivity contribution in [2.75, 3.05) is 0 Å². The topological polar surface area (TPSA) is 46.3 Å². The Hall–Kier alpha value is -1.29. The van der Waals surface area contributed by atoms with Crippen molar-refractivity contribution in [1.82, 2.24) is 5.16 Å². The third kappa shape index (κ3) is 1.58. The Bertz CT molecular complexity index is 425. The van der Waals surface area contributed by atoms with E-state index in [1.807, 2.05) is 6.07 Å². The van der Waals surface area contributed by atoms with E-state index in [1.165, 1.54) is 0 Å². The Morgan fingerprint density at radius 1 is 1.31 bits per heavy atom. The van der Waals surface area contributed by atoms with Crippen LogP contribution in [0.5, 0.6) is 5.75 Å². The number of hydrogen-bond acceptors (Lipinski definition) is 3. The summed E-state index contributed by atoms with van der Waals surface area (Å²) in [5, 5.41) is 13.1. The van der Waals surface area contributed by atoms with Crippen LogP contribution in [0.4, 0.5) is 0 Å². The number of rotatable bonds is 1. The summed E-state index contributed by atoms with van der Waals surface area (Å²) in [6, 6.07) is 8.65. The van der Waals surface area contributed by atoms with E-state index in [1.54, 1.807) is 24.3 Å². The number of aromatic hydroxyl groups is 1. The molecule has 0 spiro atoms. The normalized spacial score (nSPS) is 10.2. The van der Waals surface area contributed by atoms with Gasteiger partial charge >= 0.3 is 0 Å². The van der Waals surface area contributed by atoms with Crippen LogP contribution >= 0.6 is 15.9 Å². The first-order valence-electron chi connectivity index (χ1n) is 3.68. The quantitative estimate of drug-likeness (QED) is 0.833. The van der Waals surface area contributed by atoms with E-state index in [9.17, 15) is 5.11 Å². The number of benzene rings is 1. The molecule has 0 aliphatic carbocycles. The second-order valence-corrected chi connectivity index (χ2v) is 3.34. The maximum atomic E-state index is 9.47. The van der Waals surface area contributed by atoms with Crippen LogP contribution in [0, 0.1) is 0 Å². The highest BCUT2D eigenvalue weighted by molar-refractivity contribution is 9.10. The molecule has 1 aromatic heterocycles. The molecule has 1 N–H and O–H groups in total. The molecule has 0 amide bonds. The molecule has 1 aromatic carbocycles. The van der Waals surface area contributed by atoms with Gasteiger partial charge in [-0.25, -0.2) is 0 Å². The van der Waals surface area contributed by atoms with Crippen LogP contribution in [-0.2, 0) is 0 Å². The van der Waals surface area contributed by atoms with Crippen LogP contribution in [0.2, 0.25) is 0 Å². The number of para-hydroxylation sites is 1. The second kappa shape index (κ2) is 3.22. The van der Waals surface area contributed by atoms with Gasteiger partial charge in [-0.3, -0.25) is 0 Å². The number of nitrogens with zero attached hydrogens (tertiary/aromatic N) is 1. The van der Waals surface area contributed by atoms with Gasteiger partial charge in [-0.05, 0) is 28.1 Å². The van der Waals surface area contributed by atoms with Gasteiger partial charge in [-0.1, -0.05) is 17.3 Å². The molecule has 1 heterocycles. The SMILES string of the molecule is Oc1ccccc1-c1cc(Br)no1. The minimum atomic E-state index is 0.186. The number of halogens is 1. The van der Waals surface area contributed by atoms with Crippen LogP contribution in [0.15, 0.2) is 39.5 Å². The maximum absolute atomic E-state index is 9.47. The molecule has 66 valence electrons. The molecule has 0 bridgehead atoms. The highest BCUT2D eigenvalue weighted by atomic mass is 79.9. The van der Waals surface area contributed by atoms with Crippen molar-refractivity contribution in [3.8, 4) is 17.1 Å². The van der Waals surface area contributed by atoms with Gasteiger partial charge in [-0.2, -0.15) is 0 Å². The summed E-state index contributed by atoms with van der Waals surface area (Å²) in [6.07, 6.45) is 0. The van der Waals surface area contributed by atoms with E-state index < -0.39 is 0 Å². The average molecular weight is 240 g/mol. The number of hydrogen-bond donors (Lipinski definition) is 1. The van der Waals surface area contributed by atoms with Crippen molar-refractivity contribution >= 4 is 15.9 Å². The van der Waals surface area contributed by atoms with E-state index >= 15 is 0 Å². The van der Waals surface area contributed by atoms with Crippen molar-refractivity contribution in [2.24, 2.45) is 0 Å². The van der Waals surface area contributed by atoms with Crippen LogP contribution in [-0.4, -0.2) is 10.3 Å². The Balaban J connectivity index is 2.52. The van der Waals surface area contributed by atoms with E-state index in [0.717, 1.165) is 0 Å². The summed E-state index contributed by atoms with van der Waals surface area (Å²) in [6.45, 7) is 0. The zero-order chi connectivity index (χ0) is 9.26. The van der Waals surface area contributed by atoms with Gasteiger partial charge in [0.25, 0.3) is 0 Å². The van der Waals surface area contributed by atoms with Crippen molar-refractivity contribution in [3.05, 3.63) is 34.9 Å². The van der Waals surface area contributed by atoms with Crippen molar-refractivity contribution in [1.29, 1.82) is 0 Å². The summed E-state index contributed by atoms with van der Waals surface area (Å²) < 4.78 is 5.59. The fourth-order valence-corrected chi connectivity index (χ4v) is 1.34. The molecule has 0 aliphatic rings. The zero-order valence-electron chi connectivity index (χ0n) is 6.57. The summed E-state index contributed by atoms with van der Waals surface area (Å²) in [7, 11) is 0. The Morgan fingerprint density at radius 3 is 2.69 bits per heavy atom. The summed E-state index contributed by atoms with van der Waals surface area (Å²) in [5.41, 5.74) is 0.640. The number of phenolic OH excluding ortho intramolecular Hbond substituents is 1. The van der Waals surface area contributed by atoms with Gasteiger partial charge in [0.1, 0.15) is 10.4 Å². The van der Waals surface area contributed by atoms with Gasteiger partial charge in [0.15, 0.2) is 5.76 Å². The van der Waals surface area contributed by atoms with Crippen molar-refractivity contribution in [3.63, 3.8) is 0 Å². The van der Waals surface area contributed by atoms with Gasteiger partial charge < -0.3 is 9.63 Å². The lowest BCUT2D eigenvalue weighted by Crippen LogP contribution is -1.73. The predicted molar refractivity (Wildman–Crippen MR) is 51.3 cm³/mol. The molecule has 0 unspecified atom stereocenters. The molecule has 0 radical (unpaired) electrons. The predicted octanol–water partition coefficient (Wildman–Crippen LogP) is 2.81. The number of phenols is 1. The first-order chi connectivity index (χ1) is 6.27. The summed E-state index contributed by atoms with van der Waals surface area (Å²) >= 11 is 3.17. The fourth-order valence-electron chi connectivity index (χ4n) is 1.06. The van der Waals surface area contributed by atoms with Gasteiger partial charge in [0.05, 0.1) is 5.56 Å². The Kier molecular flexibility index (Phi) is 2.06. The van der Waals surface area contributed by atoms with Gasteiger partial charge in [0, 0.05) is 6.07 Å². The second-order valence-electron chi connectivity index (χ2n) is 2.53. The molecular formula is C9H6BrNO2. The molecule has 0 saturated heterocycles. The van der Waals surface area contributed by atoms with Crippen LogP contribution in [0.1, 0.15) is 0 Å². The average Bonchev–Trinajstić information content (AvgIpc) is 2.53. The van der Waals surface area contributed by atoms with E-state index in [4.69, 9.17) is 4.52 Å². The maximum Gasteiger partial charge on any atom is 0.171 e. The Morgan fingerprint density at radius 2 is 2.08 bits per heavy atom. The van der Waals surface area contributed by atoms with Crippen molar-refractivity contribution < 1.29 is 9.63 Å². The molecule has 0 saturated carbocycles. The lowest BCUT2D eigenvalue weighted by atomic mass is 10.1. The largest absolute Gasteiger partial charge is 0.507 e. The van der Waals surface area contributed by atoms with E-state index in [-0.39, 0.29) is 5.75 Å². The standard InChI is InChI=1S/C9H6BrNO2/c10-9-5-8(13-11-9)6-3-1-2-4-7(6)12/h1-5,12H. The minimum absolute atomic E-state index is 0.186. The third-order valence-corrected chi connectivity index (χ3v) is 2.02. The zero-order valence-corrected chi connectivity index (χ0v) is 8.15. The Labute approximate surface area is 83.1 Å². The molecule has 0 atom stereocenters. The summed E-state index contributed by atoms with van der Waals surface area (Å²) in [5.74, 6) is 0.733. The molecule has 2 aromatic rings.